The Kier molecular flexibility index (Phi) is 3.87. The maximum absolute atomic E-state index is 12.7. The molecule has 0 aliphatic carbocycles. The number of aromatic nitrogens is 2. The summed E-state index contributed by atoms with van der Waals surface area (Å²) < 4.78 is 13.6. The van der Waals surface area contributed by atoms with Crippen LogP contribution >= 0.6 is 23.1 Å². The molecule has 1 unspecified atom stereocenters. The summed E-state index contributed by atoms with van der Waals surface area (Å²) in [6, 6.07) is 6.14. The first-order chi connectivity index (χ1) is 7.75. The molecule has 2 N–H and O–H groups in total. The topological polar surface area (TPSA) is 51.8 Å². The van der Waals surface area contributed by atoms with Crippen LogP contribution in [0.5, 0.6) is 0 Å². The van der Waals surface area contributed by atoms with E-state index in [4.69, 9.17) is 5.73 Å². The van der Waals surface area contributed by atoms with Crippen LogP contribution in [0.25, 0.3) is 0 Å². The molecule has 84 valence electrons. The van der Waals surface area contributed by atoms with Gasteiger partial charge in [0, 0.05) is 11.8 Å². The zero-order chi connectivity index (χ0) is 11.4. The third-order valence-corrected chi connectivity index (χ3v) is 4.00. The van der Waals surface area contributed by atoms with Gasteiger partial charge in [-0.15, -0.1) is 10.2 Å². The van der Waals surface area contributed by atoms with Crippen LogP contribution in [0.2, 0.25) is 0 Å². The van der Waals surface area contributed by atoms with Gasteiger partial charge in [-0.25, -0.2) is 4.39 Å². The normalized spacial score (nSPS) is 12.6. The number of hydrogen-bond acceptors (Lipinski definition) is 5. The van der Waals surface area contributed by atoms with Gasteiger partial charge in [-0.1, -0.05) is 35.2 Å². The van der Waals surface area contributed by atoms with Gasteiger partial charge in [0.2, 0.25) is 0 Å². The van der Waals surface area contributed by atoms with Gasteiger partial charge in [0.25, 0.3) is 0 Å². The van der Waals surface area contributed by atoms with Gasteiger partial charge < -0.3 is 5.73 Å². The van der Waals surface area contributed by atoms with Crippen LogP contribution in [0.15, 0.2) is 34.1 Å². The van der Waals surface area contributed by atoms with Crippen LogP contribution in [-0.4, -0.2) is 16.0 Å². The number of nitrogens with zero attached hydrogens (tertiary/aromatic N) is 2. The highest BCUT2D eigenvalue weighted by Crippen LogP contribution is 2.24. The second-order valence-electron chi connectivity index (χ2n) is 3.17. The molecule has 2 aromatic rings. The first-order valence-corrected chi connectivity index (χ1v) is 6.52. The van der Waals surface area contributed by atoms with Gasteiger partial charge in [-0.2, -0.15) is 0 Å². The third-order valence-electron chi connectivity index (χ3n) is 2.02. The summed E-state index contributed by atoms with van der Waals surface area (Å²) in [5.74, 6) is 0.466. The molecule has 1 aromatic heterocycles. The third kappa shape index (κ3) is 3.01. The molecule has 0 saturated carbocycles. The van der Waals surface area contributed by atoms with Gasteiger partial charge in [0.05, 0.1) is 0 Å². The standard InChI is InChI=1S/C10H10FN3S2/c11-8-3-1-7(2-4-8)9(12)5-15-10-14-13-6-16-10/h1-4,6,9H,5,12H2. The largest absolute Gasteiger partial charge is 0.323 e. The quantitative estimate of drug-likeness (QED) is 0.853. The summed E-state index contributed by atoms with van der Waals surface area (Å²) >= 11 is 3.05. The van der Waals surface area contributed by atoms with Crippen molar-refractivity contribution in [3.8, 4) is 0 Å². The average molecular weight is 255 g/mol. The van der Waals surface area contributed by atoms with Crippen molar-refractivity contribution in [3.05, 3.63) is 41.2 Å². The lowest BCUT2D eigenvalue weighted by Gasteiger charge is -2.09. The molecule has 1 heterocycles. The second kappa shape index (κ2) is 5.38. The number of thioether (sulfide) groups is 1. The Bertz CT molecular complexity index is 430. The van der Waals surface area contributed by atoms with E-state index in [2.05, 4.69) is 10.2 Å². The van der Waals surface area contributed by atoms with E-state index in [1.165, 1.54) is 23.5 Å². The van der Waals surface area contributed by atoms with Crippen LogP contribution in [0.3, 0.4) is 0 Å². The summed E-state index contributed by atoms with van der Waals surface area (Å²) in [5, 5.41) is 7.65. The molecule has 3 nitrogen and oxygen atoms in total. The van der Waals surface area contributed by atoms with Crippen molar-refractivity contribution in [3.63, 3.8) is 0 Å². The molecule has 2 rings (SSSR count). The fraction of sp³-hybridized carbons (Fsp3) is 0.200. The van der Waals surface area contributed by atoms with E-state index in [1.807, 2.05) is 0 Å². The molecule has 0 spiro atoms. The first kappa shape index (κ1) is 11.5. The van der Waals surface area contributed by atoms with Crippen molar-refractivity contribution in [2.45, 2.75) is 10.4 Å². The zero-order valence-electron chi connectivity index (χ0n) is 8.34. The van der Waals surface area contributed by atoms with Crippen LogP contribution in [0.1, 0.15) is 11.6 Å². The SMILES string of the molecule is NC(CSc1nncs1)c1ccc(F)cc1. The molecule has 1 atom stereocenters. The molecule has 6 heteroatoms. The fourth-order valence-electron chi connectivity index (χ4n) is 1.19. The fourth-order valence-corrected chi connectivity index (χ4v) is 2.70. The average Bonchev–Trinajstić information content (AvgIpc) is 2.80. The zero-order valence-corrected chi connectivity index (χ0v) is 9.97. The van der Waals surface area contributed by atoms with E-state index in [0.717, 1.165) is 9.90 Å². The number of nitrogens with two attached hydrogens (primary N) is 1. The lowest BCUT2D eigenvalue weighted by molar-refractivity contribution is 0.626. The van der Waals surface area contributed by atoms with Crippen LogP contribution < -0.4 is 5.73 Å². The molecule has 0 bridgehead atoms. The Morgan fingerprint density at radius 3 is 2.75 bits per heavy atom. The van der Waals surface area contributed by atoms with Crippen molar-refractivity contribution in [1.29, 1.82) is 0 Å². The van der Waals surface area contributed by atoms with Crippen molar-refractivity contribution < 1.29 is 4.39 Å². The highest BCUT2D eigenvalue weighted by atomic mass is 32.2. The van der Waals surface area contributed by atoms with E-state index < -0.39 is 0 Å². The highest BCUT2D eigenvalue weighted by Gasteiger charge is 2.08. The highest BCUT2D eigenvalue weighted by molar-refractivity contribution is 8.01. The Morgan fingerprint density at radius 1 is 1.38 bits per heavy atom. The summed E-state index contributed by atoms with van der Waals surface area (Å²) in [6.45, 7) is 0. The molecule has 0 aliphatic heterocycles. The Balaban J connectivity index is 1.93. The van der Waals surface area contributed by atoms with E-state index in [-0.39, 0.29) is 11.9 Å². The lowest BCUT2D eigenvalue weighted by atomic mass is 10.1. The van der Waals surface area contributed by atoms with E-state index in [9.17, 15) is 4.39 Å². The second-order valence-corrected chi connectivity index (χ2v) is 5.27. The molecule has 0 aliphatic rings. The maximum atomic E-state index is 12.7. The van der Waals surface area contributed by atoms with Crippen LogP contribution in [-0.2, 0) is 0 Å². The number of halogens is 1. The van der Waals surface area contributed by atoms with Crippen molar-refractivity contribution >= 4 is 23.1 Å². The van der Waals surface area contributed by atoms with Gasteiger partial charge in [0.15, 0.2) is 4.34 Å². The molecule has 0 amide bonds. The lowest BCUT2D eigenvalue weighted by Crippen LogP contribution is -2.12. The molecule has 0 saturated heterocycles. The number of benzene rings is 1. The summed E-state index contributed by atoms with van der Waals surface area (Å²) in [4.78, 5) is 0. The monoisotopic (exact) mass is 255 g/mol. The van der Waals surface area contributed by atoms with Gasteiger partial charge in [0.1, 0.15) is 11.3 Å². The Morgan fingerprint density at radius 2 is 2.12 bits per heavy atom. The minimum absolute atomic E-state index is 0.116. The van der Waals surface area contributed by atoms with E-state index in [1.54, 1.807) is 29.4 Å². The molecule has 16 heavy (non-hydrogen) atoms. The van der Waals surface area contributed by atoms with Gasteiger partial charge in [-0.3, -0.25) is 0 Å². The molecule has 0 radical (unpaired) electrons. The minimum atomic E-state index is -0.243. The number of rotatable bonds is 4. The van der Waals surface area contributed by atoms with Gasteiger partial charge in [-0.05, 0) is 17.7 Å². The Labute approximate surface area is 101 Å². The van der Waals surface area contributed by atoms with Crippen molar-refractivity contribution in [1.82, 2.24) is 10.2 Å². The molecule has 0 fully saturated rings. The molecule has 1 aromatic carbocycles. The minimum Gasteiger partial charge on any atom is -0.323 e. The van der Waals surface area contributed by atoms with Crippen molar-refractivity contribution in [2.75, 3.05) is 5.75 Å². The van der Waals surface area contributed by atoms with E-state index >= 15 is 0 Å². The van der Waals surface area contributed by atoms with Crippen LogP contribution in [0.4, 0.5) is 4.39 Å². The number of hydrogen-bond donors (Lipinski definition) is 1. The predicted molar refractivity (Wildman–Crippen MR) is 64.0 cm³/mol. The molecular formula is C10H10FN3S2. The smallest absolute Gasteiger partial charge is 0.174 e. The first-order valence-electron chi connectivity index (χ1n) is 4.66. The maximum Gasteiger partial charge on any atom is 0.174 e. The Hall–Kier alpha value is -0.980. The van der Waals surface area contributed by atoms with Gasteiger partial charge >= 0.3 is 0 Å². The predicted octanol–water partition coefficient (Wildman–Crippen LogP) is 2.47. The summed E-state index contributed by atoms with van der Waals surface area (Å²) in [5.41, 5.74) is 8.59. The van der Waals surface area contributed by atoms with Crippen LogP contribution in [0, 0.1) is 5.82 Å². The summed E-state index contributed by atoms with van der Waals surface area (Å²) in [6.07, 6.45) is 0. The van der Waals surface area contributed by atoms with Crippen molar-refractivity contribution in [2.24, 2.45) is 5.73 Å². The summed E-state index contributed by atoms with van der Waals surface area (Å²) in [7, 11) is 0. The van der Waals surface area contributed by atoms with E-state index in [0.29, 0.717) is 5.75 Å². The molecular weight excluding hydrogens is 245 g/mol.